The Kier molecular flexibility index (Phi) is 4.30. The van der Waals surface area contributed by atoms with E-state index in [4.69, 9.17) is 0 Å². The van der Waals surface area contributed by atoms with Crippen molar-refractivity contribution in [2.75, 3.05) is 0 Å². The van der Waals surface area contributed by atoms with Crippen LogP contribution < -0.4 is 0 Å². The first-order valence-corrected chi connectivity index (χ1v) is 8.72. The maximum absolute atomic E-state index is 11.0. The van der Waals surface area contributed by atoms with Gasteiger partial charge in [-0.25, -0.2) is 0 Å². The Balaban J connectivity index is 1.92. The smallest absolute Gasteiger partial charge is 0.269 e. The van der Waals surface area contributed by atoms with Gasteiger partial charge in [0.2, 0.25) is 0 Å². The molecule has 0 radical (unpaired) electrons. The van der Waals surface area contributed by atoms with Crippen molar-refractivity contribution >= 4 is 5.69 Å². The number of nitro groups is 1. The molecule has 3 aromatic carbocycles. The second-order valence-corrected chi connectivity index (χ2v) is 6.45. The Bertz CT molecular complexity index is 1080. The molecule has 4 nitrogen and oxygen atoms in total. The van der Waals surface area contributed by atoms with Gasteiger partial charge in [0.05, 0.1) is 10.6 Å². The zero-order valence-electron chi connectivity index (χ0n) is 14.9. The fourth-order valence-corrected chi connectivity index (χ4v) is 3.24. The Morgan fingerprint density at radius 2 is 1.41 bits per heavy atom. The van der Waals surface area contributed by atoms with Gasteiger partial charge in [-0.3, -0.25) is 10.1 Å². The average molecular weight is 354 g/mol. The summed E-state index contributed by atoms with van der Waals surface area (Å²) in [5.74, 6) is 0. The van der Waals surface area contributed by atoms with E-state index in [1.807, 2.05) is 48.7 Å². The molecular formula is C23H18N2O2. The number of benzene rings is 3. The van der Waals surface area contributed by atoms with E-state index in [9.17, 15) is 10.1 Å². The summed E-state index contributed by atoms with van der Waals surface area (Å²) in [6.07, 6.45) is 2.04. The standard InChI is InChI=1S/C23H18N2O2/c1-17-7-9-18(10-8-17)22-15-16-24(20-5-3-2-4-6-20)23(22)19-11-13-21(14-12-19)25(26)27/h2-16H,1H3. The first-order chi connectivity index (χ1) is 13.1. The van der Waals surface area contributed by atoms with Crippen molar-refractivity contribution < 1.29 is 4.92 Å². The van der Waals surface area contributed by atoms with Gasteiger partial charge in [0.25, 0.3) is 5.69 Å². The topological polar surface area (TPSA) is 48.1 Å². The molecule has 0 aliphatic carbocycles. The highest BCUT2D eigenvalue weighted by atomic mass is 16.6. The van der Waals surface area contributed by atoms with Gasteiger partial charge < -0.3 is 4.57 Å². The molecule has 0 amide bonds. The highest BCUT2D eigenvalue weighted by molar-refractivity contribution is 5.83. The van der Waals surface area contributed by atoms with Gasteiger partial charge in [-0.15, -0.1) is 0 Å². The van der Waals surface area contributed by atoms with Crippen molar-refractivity contribution in [1.29, 1.82) is 0 Å². The molecule has 0 atom stereocenters. The zero-order chi connectivity index (χ0) is 18.8. The van der Waals surface area contributed by atoms with E-state index in [0.29, 0.717) is 0 Å². The Morgan fingerprint density at radius 3 is 2.04 bits per heavy atom. The van der Waals surface area contributed by atoms with Crippen molar-refractivity contribution in [3.05, 3.63) is 107 Å². The number of non-ortho nitro benzene ring substituents is 1. The van der Waals surface area contributed by atoms with Crippen molar-refractivity contribution in [3.8, 4) is 28.1 Å². The van der Waals surface area contributed by atoms with Crippen molar-refractivity contribution in [2.24, 2.45) is 0 Å². The van der Waals surface area contributed by atoms with Gasteiger partial charge in [0.15, 0.2) is 0 Å². The van der Waals surface area contributed by atoms with Crippen LogP contribution >= 0.6 is 0 Å². The third-order valence-electron chi connectivity index (χ3n) is 4.63. The molecule has 0 saturated heterocycles. The van der Waals surface area contributed by atoms with E-state index < -0.39 is 0 Å². The molecular weight excluding hydrogens is 336 g/mol. The van der Waals surface area contributed by atoms with Gasteiger partial charge in [0, 0.05) is 29.6 Å². The summed E-state index contributed by atoms with van der Waals surface area (Å²) >= 11 is 0. The molecule has 0 bridgehead atoms. The Hall–Kier alpha value is -3.66. The minimum absolute atomic E-state index is 0.0912. The van der Waals surface area contributed by atoms with E-state index in [0.717, 1.165) is 28.1 Å². The molecule has 132 valence electrons. The van der Waals surface area contributed by atoms with Crippen LogP contribution in [0.25, 0.3) is 28.1 Å². The first-order valence-electron chi connectivity index (χ1n) is 8.72. The van der Waals surface area contributed by atoms with Crippen LogP contribution in [0, 0.1) is 17.0 Å². The lowest BCUT2D eigenvalue weighted by atomic mass is 10.00. The lowest BCUT2D eigenvalue weighted by Gasteiger charge is -2.12. The van der Waals surface area contributed by atoms with E-state index in [1.165, 1.54) is 5.56 Å². The number of hydrogen-bond donors (Lipinski definition) is 0. The van der Waals surface area contributed by atoms with Crippen LogP contribution in [0.4, 0.5) is 5.69 Å². The van der Waals surface area contributed by atoms with Crippen LogP contribution in [0.15, 0.2) is 91.1 Å². The number of nitrogens with zero attached hydrogens (tertiary/aromatic N) is 2. The monoisotopic (exact) mass is 354 g/mol. The summed E-state index contributed by atoms with van der Waals surface area (Å²) in [6, 6.07) is 27.3. The summed E-state index contributed by atoms with van der Waals surface area (Å²) < 4.78 is 2.12. The first kappa shape index (κ1) is 16.8. The molecule has 0 spiro atoms. The van der Waals surface area contributed by atoms with Gasteiger partial charge >= 0.3 is 0 Å². The van der Waals surface area contributed by atoms with Crippen molar-refractivity contribution in [3.63, 3.8) is 0 Å². The highest BCUT2D eigenvalue weighted by Crippen LogP contribution is 2.36. The van der Waals surface area contributed by atoms with E-state index in [2.05, 4.69) is 41.8 Å². The normalized spacial score (nSPS) is 10.7. The molecule has 0 aliphatic rings. The lowest BCUT2D eigenvalue weighted by Crippen LogP contribution is -1.96. The predicted octanol–water partition coefficient (Wildman–Crippen LogP) is 6.03. The molecule has 4 heteroatoms. The van der Waals surface area contributed by atoms with Gasteiger partial charge in [-0.1, -0.05) is 48.0 Å². The molecule has 0 unspecified atom stereocenters. The molecule has 0 fully saturated rings. The summed E-state index contributed by atoms with van der Waals surface area (Å²) in [6.45, 7) is 2.07. The lowest BCUT2D eigenvalue weighted by molar-refractivity contribution is -0.384. The van der Waals surface area contributed by atoms with Crippen LogP contribution in [-0.4, -0.2) is 9.49 Å². The van der Waals surface area contributed by atoms with Crippen LogP contribution in [0.3, 0.4) is 0 Å². The SMILES string of the molecule is Cc1ccc(-c2ccn(-c3ccccc3)c2-c2ccc([N+](=O)[O-])cc2)cc1. The van der Waals surface area contributed by atoms with Gasteiger partial charge in [-0.2, -0.15) is 0 Å². The molecule has 4 rings (SSSR count). The van der Waals surface area contributed by atoms with Crippen molar-refractivity contribution in [1.82, 2.24) is 4.57 Å². The minimum atomic E-state index is -0.374. The average Bonchev–Trinajstić information content (AvgIpc) is 3.14. The molecule has 27 heavy (non-hydrogen) atoms. The second-order valence-electron chi connectivity index (χ2n) is 6.45. The van der Waals surface area contributed by atoms with Crippen molar-refractivity contribution in [2.45, 2.75) is 6.92 Å². The number of para-hydroxylation sites is 1. The third-order valence-corrected chi connectivity index (χ3v) is 4.63. The summed E-state index contributed by atoms with van der Waals surface area (Å²) in [5.41, 5.74) is 6.50. The largest absolute Gasteiger partial charge is 0.316 e. The maximum atomic E-state index is 11.0. The van der Waals surface area contributed by atoms with Crippen LogP contribution in [0.1, 0.15) is 5.56 Å². The fourth-order valence-electron chi connectivity index (χ4n) is 3.24. The van der Waals surface area contributed by atoms with Crippen LogP contribution in [-0.2, 0) is 0 Å². The van der Waals surface area contributed by atoms with Crippen LogP contribution in [0.2, 0.25) is 0 Å². The van der Waals surface area contributed by atoms with E-state index >= 15 is 0 Å². The quantitative estimate of drug-likeness (QED) is 0.332. The molecule has 0 N–H and O–H groups in total. The molecule has 4 aromatic rings. The number of nitro benzene ring substituents is 1. The number of rotatable bonds is 4. The number of aryl methyl sites for hydroxylation is 1. The molecule has 1 heterocycles. The second kappa shape index (κ2) is 6.92. The van der Waals surface area contributed by atoms with Gasteiger partial charge in [0.1, 0.15) is 0 Å². The highest BCUT2D eigenvalue weighted by Gasteiger charge is 2.15. The number of aromatic nitrogens is 1. The van der Waals surface area contributed by atoms with E-state index in [-0.39, 0.29) is 10.6 Å². The minimum Gasteiger partial charge on any atom is -0.316 e. The number of hydrogen-bond acceptors (Lipinski definition) is 2. The van der Waals surface area contributed by atoms with Crippen LogP contribution in [0.5, 0.6) is 0 Å². The zero-order valence-corrected chi connectivity index (χ0v) is 14.9. The molecule has 1 aromatic heterocycles. The third kappa shape index (κ3) is 3.25. The van der Waals surface area contributed by atoms with E-state index in [1.54, 1.807) is 12.1 Å². The summed E-state index contributed by atoms with van der Waals surface area (Å²) in [5, 5.41) is 11.0. The Labute approximate surface area is 157 Å². The maximum Gasteiger partial charge on any atom is 0.269 e. The van der Waals surface area contributed by atoms with Gasteiger partial charge in [-0.05, 0) is 48.4 Å². The molecule has 0 aliphatic heterocycles. The fraction of sp³-hybridized carbons (Fsp3) is 0.0435. The summed E-state index contributed by atoms with van der Waals surface area (Å²) in [4.78, 5) is 10.6. The Morgan fingerprint density at radius 1 is 0.778 bits per heavy atom. The summed E-state index contributed by atoms with van der Waals surface area (Å²) in [7, 11) is 0. The predicted molar refractivity (Wildman–Crippen MR) is 108 cm³/mol. The molecule has 0 saturated carbocycles.